The molecule has 3 heteroatoms. The Morgan fingerprint density at radius 2 is 1.16 bits per heavy atom. The van der Waals surface area contributed by atoms with E-state index in [2.05, 4.69) is 91.6 Å². The predicted octanol–water partition coefficient (Wildman–Crippen LogP) is 2.56. The van der Waals surface area contributed by atoms with Gasteiger partial charge in [0.1, 0.15) is 8.96 Å². The predicted molar refractivity (Wildman–Crippen MR) is 89.0 cm³/mol. The third kappa shape index (κ3) is 2.73. The van der Waals surface area contributed by atoms with Crippen molar-refractivity contribution in [2.75, 3.05) is 7.05 Å². The van der Waals surface area contributed by atoms with Crippen LogP contribution in [0.3, 0.4) is 0 Å². The molecule has 99 valence electrons. The minimum Gasteiger partial charge on any atom is -0.342 e. The van der Waals surface area contributed by atoms with E-state index in [9.17, 15) is 0 Å². The van der Waals surface area contributed by atoms with Crippen LogP contribution in [0.2, 0.25) is 19.6 Å². The molecule has 2 aromatic carbocycles. The Bertz CT molecular complexity index is 471. The first-order valence-corrected chi connectivity index (χ1v) is 11.6. The molecule has 0 aliphatic heterocycles. The average Bonchev–Trinajstić information content (AvgIpc) is 2.47. The summed E-state index contributed by atoms with van der Waals surface area (Å²) in [6.07, 6.45) is 0. The molecule has 0 saturated heterocycles. The van der Waals surface area contributed by atoms with Crippen molar-refractivity contribution < 1.29 is 0 Å². The van der Waals surface area contributed by atoms with Crippen LogP contribution < -0.4 is 10.4 Å². The van der Waals surface area contributed by atoms with Gasteiger partial charge in [0.2, 0.25) is 0 Å². The van der Waals surface area contributed by atoms with Crippen LogP contribution in [0.4, 0.5) is 0 Å². The molecule has 0 spiro atoms. The van der Waals surface area contributed by atoms with Crippen LogP contribution in [-0.2, 0) is 0 Å². The number of hydrogen-bond acceptors (Lipinski definition) is 1. The van der Waals surface area contributed by atoms with Gasteiger partial charge in [0.05, 0.1) is 0 Å². The van der Waals surface area contributed by atoms with Gasteiger partial charge in [-0.15, -0.1) is 0 Å². The lowest BCUT2D eigenvalue weighted by Gasteiger charge is -2.40. The molecule has 0 bridgehead atoms. The normalized spacial score (nSPS) is 12.1. The van der Waals surface area contributed by atoms with Crippen molar-refractivity contribution in [2.45, 2.75) is 19.6 Å². The second-order valence-corrected chi connectivity index (χ2v) is 12.3. The molecule has 0 aromatic heterocycles. The summed E-state index contributed by atoms with van der Waals surface area (Å²) < 4.78 is 2.67. The van der Waals surface area contributed by atoms with Gasteiger partial charge in [-0.05, 0) is 24.0 Å². The molecule has 0 saturated carbocycles. The van der Waals surface area contributed by atoms with E-state index < -0.39 is 17.2 Å². The van der Waals surface area contributed by atoms with Gasteiger partial charge in [0.15, 0.2) is 8.24 Å². The van der Waals surface area contributed by atoms with Crippen LogP contribution in [0, 0.1) is 0 Å². The summed E-state index contributed by atoms with van der Waals surface area (Å²) in [7, 11) is 0.0486. The van der Waals surface area contributed by atoms with Gasteiger partial charge in [-0.1, -0.05) is 73.8 Å². The first-order chi connectivity index (χ1) is 9.06. The fraction of sp³-hybridized carbons (Fsp3) is 0.250. The Labute approximate surface area is 119 Å². The summed E-state index contributed by atoms with van der Waals surface area (Å²) in [6, 6.07) is 22.0. The van der Waals surface area contributed by atoms with Gasteiger partial charge < -0.3 is 4.23 Å². The Hall–Kier alpha value is -1.17. The van der Waals surface area contributed by atoms with E-state index in [1.165, 1.54) is 10.4 Å². The summed E-state index contributed by atoms with van der Waals surface area (Å²) in [4.78, 5) is 0. The molecule has 0 fully saturated rings. The zero-order chi connectivity index (χ0) is 13.9. The van der Waals surface area contributed by atoms with Crippen LogP contribution >= 0.6 is 0 Å². The maximum atomic E-state index is 2.67. The lowest BCUT2D eigenvalue weighted by Crippen LogP contribution is -2.69. The molecular formula is C16H22NSi2. The fourth-order valence-corrected chi connectivity index (χ4v) is 9.67. The van der Waals surface area contributed by atoms with Crippen molar-refractivity contribution in [3.63, 3.8) is 0 Å². The molecule has 2 rings (SSSR count). The fourth-order valence-electron chi connectivity index (χ4n) is 2.53. The summed E-state index contributed by atoms with van der Waals surface area (Å²) in [6.45, 7) is 7.22. The molecule has 1 radical (unpaired) electrons. The van der Waals surface area contributed by atoms with Crippen LogP contribution in [-0.4, -0.2) is 28.5 Å². The molecule has 0 N–H and O–H groups in total. The average molecular weight is 285 g/mol. The number of nitrogens with zero attached hydrogens (tertiary/aromatic N) is 1. The molecule has 0 unspecified atom stereocenters. The highest BCUT2D eigenvalue weighted by molar-refractivity contribution is 7.03. The maximum Gasteiger partial charge on any atom is 0.182 e. The molecular weight excluding hydrogens is 262 g/mol. The first-order valence-electron chi connectivity index (χ1n) is 6.72. The second kappa shape index (κ2) is 5.86. The van der Waals surface area contributed by atoms with E-state index in [-0.39, 0.29) is 0 Å². The third-order valence-electron chi connectivity index (χ3n) is 4.01. The summed E-state index contributed by atoms with van der Waals surface area (Å²) in [5.41, 5.74) is 0. The quantitative estimate of drug-likeness (QED) is 0.780. The van der Waals surface area contributed by atoms with Crippen LogP contribution in [0.25, 0.3) is 0 Å². The summed E-state index contributed by atoms with van der Waals surface area (Å²) in [5, 5.41) is 2.99. The minimum absolute atomic E-state index is 0.468. The van der Waals surface area contributed by atoms with Gasteiger partial charge in [-0.25, -0.2) is 0 Å². The molecule has 0 atom stereocenters. The number of benzene rings is 2. The molecule has 0 aliphatic rings. The largest absolute Gasteiger partial charge is 0.342 e. The standard InChI is InChI=1S/C16H22NSi2/c1-17(18(2)3)19(4,15-11-7-5-8-12-15)16-13-9-6-10-14-16/h5-14H,1-4H3. The molecule has 2 aromatic rings. The molecule has 1 nitrogen and oxygen atoms in total. The Kier molecular flexibility index (Phi) is 4.40. The van der Waals surface area contributed by atoms with E-state index in [1.807, 2.05) is 0 Å². The summed E-state index contributed by atoms with van der Waals surface area (Å²) >= 11 is 0. The molecule has 0 aliphatic carbocycles. The monoisotopic (exact) mass is 284 g/mol. The number of hydrogen-bond donors (Lipinski definition) is 0. The van der Waals surface area contributed by atoms with Gasteiger partial charge in [-0.2, -0.15) is 0 Å². The van der Waals surface area contributed by atoms with E-state index >= 15 is 0 Å². The zero-order valence-corrected chi connectivity index (χ0v) is 14.2. The van der Waals surface area contributed by atoms with Crippen molar-refractivity contribution in [3.05, 3.63) is 60.7 Å². The highest BCUT2D eigenvalue weighted by Crippen LogP contribution is 2.11. The Morgan fingerprint density at radius 1 is 0.789 bits per heavy atom. The SMILES string of the molecule is CN([Si](C)C)[Si](C)(c1ccccc1)c1ccccc1. The van der Waals surface area contributed by atoms with Crippen LogP contribution in [0.15, 0.2) is 60.7 Å². The Balaban J connectivity index is 2.57. The van der Waals surface area contributed by atoms with Crippen molar-refractivity contribution in [2.24, 2.45) is 0 Å². The van der Waals surface area contributed by atoms with Gasteiger partial charge in [0.25, 0.3) is 0 Å². The third-order valence-corrected chi connectivity index (χ3v) is 12.3. The highest BCUT2D eigenvalue weighted by Gasteiger charge is 2.37. The molecule has 19 heavy (non-hydrogen) atoms. The van der Waals surface area contributed by atoms with E-state index in [0.717, 1.165) is 0 Å². The lowest BCUT2D eigenvalue weighted by molar-refractivity contribution is 0.799. The van der Waals surface area contributed by atoms with Gasteiger partial charge >= 0.3 is 0 Å². The second-order valence-electron chi connectivity index (χ2n) is 5.31. The van der Waals surface area contributed by atoms with Crippen molar-refractivity contribution >= 4 is 27.6 Å². The van der Waals surface area contributed by atoms with E-state index in [0.29, 0.717) is 0 Å². The van der Waals surface area contributed by atoms with Crippen molar-refractivity contribution in [1.82, 2.24) is 4.23 Å². The molecule has 0 heterocycles. The minimum atomic E-state index is -1.79. The van der Waals surface area contributed by atoms with Gasteiger partial charge in [0, 0.05) is 0 Å². The van der Waals surface area contributed by atoms with Gasteiger partial charge in [-0.3, -0.25) is 0 Å². The van der Waals surface area contributed by atoms with Crippen LogP contribution in [0.5, 0.6) is 0 Å². The maximum absolute atomic E-state index is 2.67. The van der Waals surface area contributed by atoms with E-state index in [4.69, 9.17) is 0 Å². The van der Waals surface area contributed by atoms with Crippen molar-refractivity contribution in [3.8, 4) is 0 Å². The van der Waals surface area contributed by atoms with Crippen molar-refractivity contribution in [1.29, 1.82) is 0 Å². The highest BCUT2D eigenvalue weighted by atomic mass is 28.4. The lowest BCUT2D eigenvalue weighted by atomic mass is 10.4. The first kappa shape index (κ1) is 14.2. The molecule has 0 amide bonds. The van der Waals surface area contributed by atoms with Crippen LogP contribution in [0.1, 0.15) is 0 Å². The topological polar surface area (TPSA) is 3.24 Å². The smallest absolute Gasteiger partial charge is 0.182 e. The Morgan fingerprint density at radius 3 is 1.47 bits per heavy atom. The summed E-state index contributed by atoms with van der Waals surface area (Å²) in [5.74, 6) is 0. The van der Waals surface area contributed by atoms with E-state index in [1.54, 1.807) is 0 Å². The number of rotatable bonds is 4. The zero-order valence-electron chi connectivity index (χ0n) is 12.2.